The summed E-state index contributed by atoms with van der Waals surface area (Å²) in [5, 5.41) is 0. The maximum absolute atomic E-state index is 13.1. The highest BCUT2D eigenvalue weighted by Gasteiger charge is 2.48. The van der Waals surface area contributed by atoms with Crippen molar-refractivity contribution in [2.75, 3.05) is 6.61 Å². The van der Waals surface area contributed by atoms with Crippen molar-refractivity contribution >= 4 is 22.4 Å². The van der Waals surface area contributed by atoms with Crippen molar-refractivity contribution in [1.82, 2.24) is 0 Å². The highest BCUT2D eigenvalue weighted by molar-refractivity contribution is 6.78. The van der Waals surface area contributed by atoms with E-state index in [0.29, 0.717) is 56.8 Å². The molecular weight excluding hydrogens is 513 g/mol. The van der Waals surface area contributed by atoms with E-state index in [-0.39, 0.29) is 12.0 Å². The molecule has 228 valence electrons. The summed E-state index contributed by atoms with van der Waals surface area (Å²) in [7, 11) is -3.94. The Morgan fingerprint density at radius 1 is 0.769 bits per heavy atom. The molecule has 3 nitrogen and oxygen atoms in total. The zero-order valence-corrected chi connectivity index (χ0v) is 30.2. The molecule has 0 heterocycles. The molecule has 0 N–H and O–H groups in total. The van der Waals surface area contributed by atoms with E-state index in [1.807, 2.05) is 0 Å². The summed E-state index contributed by atoms with van der Waals surface area (Å²) in [6, 6.07) is 0. The molecule has 0 bridgehead atoms. The van der Waals surface area contributed by atoms with Gasteiger partial charge in [-0.1, -0.05) is 102 Å². The molecule has 5 atom stereocenters. The molecule has 39 heavy (non-hydrogen) atoms. The lowest BCUT2D eigenvalue weighted by molar-refractivity contribution is -0.129. The van der Waals surface area contributed by atoms with Gasteiger partial charge < -0.3 is 8.85 Å². The van der Waals surface area contributed by atoms with Crippen molar-refractivity contribution in [3.8, 4) is 0 Å². The summed E-state index contributed by atoms with van der Waals surface area (Å²) in [5.41, 5.74) is 3.48. The number of ketones is 1. The zero-order valence-electron chi connectivity index (χ0n) is 28.2. The van der Waals surface area contributed by atoms with Gasteiger partial charge in [0.2, 0.25) is 8.32 Å². The zero-order chi connectivity index (χ0) is 29.7. The van der Waals surface area contributed by atoms with Crippen LogP contribution in [0.5, 0.6) is 0 Å². The van der Waals surface area contributed by atoms with Gasteiger partial charge in [0.05, 0.1) is 0 Å². The van der Waals surface area contributed by atoms with E-state index < -0.39 is 16.6 Å². The second-order valence-electron chi connectivity index (χ2n) is 15.0. The van der Waals surface area contributed by atoms with Crippen molar-refractivity contribution in [3.63, 3.8) is 0 Å². The predicted molar refractivity (Wildman–Crippen MR) is 174 cm³/mol. The van der Waals surface area contributed by atoms with Crippen LogP contribution in [-0.2, 0) is 13.6 Å². The molecule has 0 saturated heterocycles. The Bertz CT molecular complexity index is 742. The van der Waals surface area contributed by atoms with Crippen LogP contribution in [0.25, 0.3) is 0 Å². The van der Waals surface area contributed by atoms with Crippen molar-refractivity contribution in [3.05, 3.63) is 12.2 Å². The Kier molecular flexibility index (Phi) is 13.3. The van der Waals surface area contributed by atoms with Gasteiger partial charge in [-0.2, -0.15) is 0 Å². The van der Waals surface area contributed by atoms with E-state index >= 15 is 0 Å². The summed E-state index contributed by atoms with van der Waals surface area (Å²) in [6.45, 7) is 31.8. The summed E-state index contributed by atoms with van der Waals surface area (Å²) in [5.74, 6) is 2.12. The average molecular weight is 579 g/mol. The van der Waals surface area contributed by atoms with Crippen molar-refractivity contribution < 1.29 is 13.6 Å². The SMILES string of the molecule is CC1C=CC2CCCC(=O)C2C1CC[C@H](CCO[Si](C(C)C)(C(C)C)C(C)C)O[Si](C(C)C)(C(C)C)C(C)C. The largest absolute Gasteiger partial charge is 0.416 e. The number of fused-ring (bicyclic) bond motifs is 1. The van der Waals surface area contributed by atoms with Gasteiger partial charge in [-0.05, 0) is 83.1 Å². The Morgan fingerprint density at radius 2 is 1.28 bits per heavy atom. The maximum Gasteiger partial charge on any atom is 0.200 e. The van der Waals surface area contributed by atoms with Crippen LogP contribution in [0.2, 0.25) is 33.2 Å². The molecule has 0 aromatic rings. The van der Waals surface area contributed by atoms with E-state index in [9.17, 15) is 4.79 Å². The molecule has 0 aromatic carbocycles. The predicted octanol–water partition coefficient (Wildman–Crippen LogP) is 10.7. The first-order chi connectivity index (χ1) is 18.1. The maximum atomic E-state index is 13.1. The first-order valence-electron chi connectivity index (χ1n) is 16.6. The minimum absolute atomic E-state index is 0.206. The van der Waals surface area contributed by atoms with Crippen LogP contribution in [0, 0.1) is 23.7 Å². The van der Waals surface area contributed by atoms with E-state index in [1.165, 1.54) is 6.42 Å². The fourth-order valence-corrected chi connectivity index (χ4v) is 20.4. The minimum Gasteiger partial charge on any atom is -0.416 e. The Balaban J connectivity index is 2.31. The van der Waals surface area contributed by atoms with Gasteiger partial charge in [0, 0.05) is 25.0 Å². The highest BCUT2D eigenvalue weighted by Crippen LogP contribution is 2.47. The lowest BCUT2D eigenvalue weighted by Gasteiger charge is -2.46. The summed E-state index contributed by atoms with van der Waals surface area (Å²) in [6.07, 6.45) is 11.1. The number of hydrogen-bond acceptors (Lipinski definition) is 3. The summed E-state index contributed by atoms with van der Waals surface area (Å²) < 4.78 is 14.5. The fraction of sp³-hybridized carbons (Fsp3) is 0.912. The quantitative estimate of drug-likeness (QED) is 0.143. The Hall–Kier alpha value is -0.236. The molecular formula is C34H66O3Si2. The normalized spacial score (nSPS) is 25.6. The summed E-state index contributed by atoms with van der Waals surface area (Å²) in [4.78, 5) is 13.1. The monoisotopic (exact) mass is 578 g/mol. The average Bonchev–Trinajstić information content (AvgIpc) is 2.82. The van der Waals surface area contributed by atoms with Crippen molar-refractivity contribution in [2.45, 2.75) is 168 Å². The molecule has 1 saturated carbocycles. The topological polar surface area (TPSA) is 35.5 Å². The lowest BCUT2D eigenvalue weighted by atomic mass is 9.63. The molecule has 0 aromatic heterocycles. The molecule has 2 aliphatic carbocycles. The van der Waals surface area contributed by atoms with Gasteiger partial charge in [0.15, 0.2) is 8.32 Å². The second-order valence-corrected chi connectivity index (χ2v) is 25.9. The minimum atomic E-state index is -2.03. The van der Waals surface area contributed by atoms with Crippen LogP contribution >= 0.6 is 0 Å². The molecule has 0 amide bonds. The highest BCUT2D eigenvalue weighted by atomic mass is 28.4. The van der Waals surface area contributed by atoms with Crippen LogP contribution in [0.15, 0.2) is 12.2 Å². The Morgan fingerprint density at radius 3 is 1.77 bits per heavy atom. The Labute approximate surface area is 245 Å². The first-order valence-corrected chi connectivity index (χ1v) is 20.9. The van der Waals surface area contributed by atoms with Gasteiger partial charge >= 0.3 is 0 Å². The fourth-order valence-electron chi connectivity index (χ4n) is 9.30. The molecule has 0 aliphatic heterocycles. The van der Waals surface area contributed by atoms with E-state index in [4.69, 9.17) is 8.85 Å². The first kappa shape index (κ1) is 35.0. The van der Waals surface area contributed by atoms with E-state index in [0.717, 1.165) is 38.7 Å². The van der Waals surface area contributed by atoms with Gasteiger partial charge in [0.1, 0.15) is 5.78 Å². The number of Topliss-reactive ketones (excluding diaryl/α,β-unsaturated/α-hetero) is 1. The number of rotatable bonds is 15. The summed E-state index contributed by atoms with van der Waals surface area (Å²) >= 11 is 0. The van der Waals surface area contributed by atoms with Gasteiger partial charge in [-0.25, -0.2) is 0 Å². The molecule has 2 rings (SSSR count). The number of carbonyl (C=O) groups is 1. The number of hydrogen-bond donors (Lipinski definition) is 0. The van der Waals surface area contributed by atoms with Gasteiger partial charge in [-0.15, -0.1) is 0 Å². The third-order valence-electron chi connectivity index (χ3n) is 11.0. The molecule has 2 aliphatic rings. The van der Waals surface area contributed by atoms with Crippen molar-refractivity contribution in [2.24, 2.45) is 23.7 Å². The second kappa shape index (κ2) is 14.8. The van der Waals surface area contributed by atoms with Crippen LogP contribution in [0.3, 0.4) is 0 Å². The van der Waals surface area contributed by atoms with Crippen LogP contribution in [-0.4, -0.2) is 35.1 Å². The van der Waals surface area contributed by atoms with Crippen molar-refractivity contribution in [1.29, 1.82) is 0 Å². The molecule has 0 radical (unpaired) electrons. The molecule has 5 heteroatoms. The lowest BCUT2D eigenvalue weighted by Crippen LogP contribution is -2.51. The standard InChI is InChI=1S/C34H66O3Si2/c1-23(2)38(24(3)4,25(5)6)36-22-21-31(37-39(26(7)8,27(9)10)28(11)12)19-20-32-29(13)17-18-30-15-14-16-33(35)34(30)32/h17-18,23-32,34H,14-16,19-22H2,1-13H3/t29?,30?,31-,32?,34?/m1/s1. The smallest absolute Gasteiger partial charge is 0.200 e. The molecule has 0 spiro atoms. The number of carbonyl (C=O) groups excluding carboxylic acids is 1. The molecule has 1 fully saturated rings. The van der Waals surface area contributed by atoms with E-state index in [2.05, 4.69) is 102 Å². The number of allylic oxidation sites excluding steroid dienone is 2. The van der Waals surface area contributed by atoms with Crippen LogP contribution < -0.4 is 0 Å². The van der Waals surface area contributed by atoms with Crippen LogP contribution in [0.1, 0.15) is 129 Å². The molecule has 4 unspecified atom stereocenters. The van der Waals surface area contributed by atoms with Gasteiger partial charge in [-0.3, -0.25) is 4.79 Å². The third-order valence-corrected chi connectivity index (χ3v) is 23.3. The van der Waals surface area contributed by atoms with Gasteiger partial charge in [0.25, 0.3) is 0 Å². The third kappa shape index (κ3) is 7.59. The van der Waals surface area contributed by atoms with E-state index in [1.54, 1.807) is 0 Å². The van der Waals surface area contributed by atoms with Crippen LogP contribution in [0.4, 0.5) is 0 Å².